The molecule has 0 bridgehead atoms. The number of aryl methyl sites for hydroxylation is 1. The lowest BCUT2D eigenvalue weighted by atomic mass is 10.2. The van der Waals surface area contributed by atoms with E-state index >= 15 is 0 Å². The molecule has 4 heteroatoms. The van der Waals surface area contributed by atoms with Crippen LogP contribution in [0.4, 0.5) is 11.4 Å². The summed E-state index contributed by atoms with van der Waals surface area (Å²) in [4.78, 5) is 15.9. The molecule has 0 aliphatic rings. The fourth-order valence-electron chi connectivity index (χ4n) is 1.53. The van der Waals surface area contributed by atoms with Crippen LogP contribution in [-0.4, -0.2) is 10.9 Å². The summed E-state index contributed by atoms with van der Waals surface area (Å²) in [5.41, 5.74) is 8.72. The van der Waals surface area contributed by atoms with Crippen LogP contribution in [0.2, 0.25) is 0 Å². The van der Waals surface area contributed by atoms with Crippen molar-refractivity contribution in [3.63, 3.8) is 0 Å². The topological polar surface area (TPSA) is 68.0 Å². The van der Waals surface area contributed by atoms with Gasteiger partial charge >= 0.3 is 0 Å². The molecule has 0 radical (unpaired) electrons. The van der Waals surface area contributed by atoms with E-state index in [-0.39, 0.29) is 5.91 Å². The third-order valence-corrected chi connectivity index (χ3v) is 2.58. The summed E-state index contributed by atoms with van der Waals surface area (Å²) in [7, 11) is 0. The Labute approximate surface area is 112 Å². The number of nitrogen functional groups attached to an aromatic ring is 1. The number of benzene rings is 1. The number of nitrogens with two attached hydrogens (primary N) is 1. The van der Waals surface area contributed by atoms with Gasteiger partial charge in [-0.1, -0.05) is 18.2 Å². The van der Waals surface area contributed by atoms with Crippen LogP contribution in [0.25, 0.3) is 6.08 Å². The molecule has 4 nitrogen and oxygen atoms in total. The van der Waals surface area contributed by atoms with E-state index in [9.17, 15) is 4.79 Å². The summed E-state index contributed by atoms with van der Waals surface area (Å²) in [6.07, 6.45) is 4.88. The number of anilines is 2. The van der Waals surface area contributed by atoms with Gasteiger partial charge in [0.05, 0.1) is 11.4 Å². The lowest BCUT2D eigenvalue weighted by Crippen LogP contribution is -2.09. The molecule has 2 rings (SSSR count). The number of carbonyl (C=O) groups is 1. The average molecular weight is 253 g/mol. The zero-order valence-corrected chi connectivity index (χ0v) is 10.6. The highest BCUT2D eigenvalue weighted by Crippen LogP contribution is 2.16. The third-order valence-electron chi connectivity index (χ3n) is 2.58. The van der Waals surface area contributed by atoms with Gasteiger partial charge in [-0.15, -0.1) is 0 Å². The lowest BCUT2D eigenvalue weighted by Gasteiger charge is -2.04. The molecule has 1 aromatic carbocycles. The van der Waals surface area contributed by atoms with E-state index < -0.39 is 0 Å². The molecule has 96 valence electrons. The maximum absolute atomic E-state index is 11.7. The Hall–Kier alpha value is -2.62. The summed E-state index contributed by atoms with van der Waals surface area (Å²) in [6, 6.07) is 10.9. The third kappa shape index (κ3) is 3.67. The summed E-state index contributed by atoms with van der Waals surface area (Å²) in [5.74, 6) is -0.224. The number of carbonyl (C=O) groups excluding carboxylic acids is 1. The minimum atomic E-state index is -0.224. The first-order chi connectivity index (χ1) is 9.15. The van der Waals surface area contributed by atoms with Gasteiger partial charge in [0, 0.05) is 18.0 Å². The Morgan fingerprint density at radius 1 is 1.26 bits per heavy atom. The van der Waals surface area contributed by atoms with E-state index in [0.717, 1.165) is 11.3 Å². The van der Waals surface area contributed by atoms with Crippen LogP contribution in [0.1, 0.15) is 11.3 Å². The summed E-state index contributed by atoms with van der Waals surface area (Å²) in [5, 5.41) is 2.72. The van der Waals surface area contributed by atoms with Gasteiger partial charge in [0.25, 0.3) is 0 Å². The number of aromatic nitrogens is 1. The molecular formula is C15H15N3O. The fourth-order valence-corrected chi connectivity index (χ4v) is 1.53. The molecule has 0 unspecified atom stereocenters. The van der Waals surface area contributed by atoms with Gasteiger partial charge in [0.1, 0.15) is 0 Å². The molecule has 0 atom stereocenters. The highest BCUT2D eigenvalue weighted by atomic mass is 16.1. The predicted octanol–water partition coefficient (Wildman–Crippen LogP) is 2.62. The van der Waals surface area contributed by atoms with Crippen molar-refractivity contribution in [2.24, 2.45) is 0 Å². The predicted molar refractivity (Wildman–Crippen MR) is 77.5 cm³/mol. The minimum Gasteiger partial charge on any atom is -0.397 e. The van der Waals surface area contributed by atoms with E-state index in [4.69, 9.17) is 5.73 Å². The highest BCUT2D eigenvalue weighted by Gasteiger charge is 2.00. The molecule has 2 aromatic rings. The van der Waals surface area contributed by atoms with Crippen LogP contribution in [0, 0.1) is 6.92 Å². The van der Waals surface area contributed by atoms with Gasteiger partial charge in [-0.25, -0.2) is 0 Å². The SMILES string of the molecule is Cc1ccc(/C=C/C(=O)Nc2ccccc2N)cn1. The van der Waals surface area contributed by atoms with Crippen molar-refractivity contribution >= 4 is 23.4 Å². The molecule has 1 heterocycles. The number of rotatable bonds is 3. The molecular weight excluding hydrogens is 238 g/mol. The number of pyridine rings is 1. The molecule has 0 aliphatic carbocycles. The van der Waals surface area contributed by atoms with Crippen molar-refractivity contribution in [1.29, 1.82) is 0 Å². The van der Waals surface area contributed by atoms with E-state index in [0.29, 0.717) is 11.4 Å². The molecule has 0 aliphatic heterocycles. The van der Waals surface area contributed by atoms with E-state index in [2.05, 4.69) is 10.3 Å². The zero-order valence-electron chi connectivity index (χ0n) is 10.6. The largest absolute Gasteiger partial charge is 0.397 e. The van der Waals surface area contributed by atoms with Crippen molar-refractivity contribution < 1.29 is 4.79 Å². The highest BCUT2D eigenvalue weighted by molar-refractivity contribution is 6.03. The first-order valence-electron chi connectivity index (χ1n) is 5.91. The lowest BCUT2D eigenvalue weighted by molar-refractivity contribution is -0.111. The minimum absolute atomic E-state index is 0.224. The summed E-state index contributed by atoms with van der Waals surface area (Å²) in [6.45, 7) is 1.92. The first-order valence-corrected chi connectivity index (χ1v) is 5.91. The normalized spacial score (nSPS) is 10.6. The number of nitrogens with one attached hydrogen (secondary N) is 1. The van der Waals surface area contributed by atoms with Gasteiger partial charge in [-0.3, -0.25) is 9.78 Å². The Morgan fingerprint density at radius 3 is 2.74 bits per heavy atom. The Balaban J connectivity index is 2.02. The van der Waals surface area contributed by atoms with Crippen LogP contribution < -0.4 is 11.1 Å². The number of hydrogen-bond donors (Lipinski definition) is 2. The fraction of sp³-hybridized carbons (Fsp3) is 0.0667. The first kappa shape index (κ1) is 12.8. The second-order valence-corrected chi connectivity index (χ2v) is 4.14. The Morgan fingerprint density at radius 2 is 2.05 bits per heavy atom. The molecule has 0 fully saturated rings. The van der Waals surface area contributed by atoms with Gasteiger partial charge in [0.15, 0.2) is 0 Å². The number of hydrogen-bond acceptors (Lipinski definition) is 3. The van der Waals surface area contributed by atoms with Crippen molar-refractivity contribution in [3.05, 3.63) is 59.9 Å². The molecule has 3 N–H and O–H groups in total. The molecule has 0 saturated heterocycles. The van der Waals surface area contributed by atoms with Crippen molar-refractivity contribution in [3.8, 4) is 0 Å². The van der Waals surface area contributed by atoms with Gasteiger partial charge < -0.3 is 11.1 Å². The van der Waals surface area contributed by atoms with Crippen LogP contribution in [-0.2, 0) is 4.79 Å². The number of para-hydroxylation sites is 2. The Bertz CT molecular complexity index is 603. The van der Waals surface area contributed by atoms with Gasteiger partial charge in [-0.2, -0.15) is 0 Å². The van der Waals surface area contributed by atoms with Crippen LogP contribution in [0.3, 0.4) is 0 Å². The van der Waals surface area contributed by atoms with Gasteiger partial charge in [-0.05, 0) is 36.8 Å². The second-order valence-electron chi connectivity index (χ2n) is 4.14. The van der Waals surface area contributed by atoms with E-state index in [1.807, 2.05) is 31.2 Å². The quantitative estimate of drug-likeness (QED) is 0.652. The molecule has 1 amide bonds. The number of amides is 1. The van der Waals surface area contributed by atoms with Crippen LogP contribution in [0.5, 0.6) is 0 Å². The van der Waals surface area contributed by atoms with Crippen LogP contribution in [0.15, 0.2) is 48.7 Å². The second kappa shape index (κ2) is 5.82. The number of nitrogens with zero attached hydrogens (tertiary/aromatic N) is 1. The zero-order chi connectivity index (χ0) is 13.7. The summed E-state index contributed by atoms with van der Waals surface area (Å²) >= 11 is 0. The van der Waals surface area contributed by atoms with Gasteiger partial charge in [0.2, 0.25) is 5.91 Å². The van der Waals surface area contributed by atoms with Crippen molar-refractivity contribution in [2.45, 2.75) is 6.92 Å². The molecule has 19 heavy (non-hydrogen) atoms. The monoisotopic (exact) mass is 253 g/mol. The smallest absolute Gasteiger partial charge is 0.248 e. The van der Waals surface area contributed by atoms with Crippen LogP contribution >= 0.6 is 0 Å². The molecule has 0 spiro atoms. The molecule has 0 saturated carbocycles. The van der Waals surface area contributed by atoms with Crippen molar-refractivity contribution in [2.75, 3.05) is 11.1 Å². The Kier molecular flexibility index (Phi) is 3.93. The maximum atomic E-state index is 11.7. The standard InChI is InChI=1S/C15H15N3O/c1-11-6-7-12(10-17-11)8-9-15(19)18-14-5-3-2-4-13(14)16/h2-10H,16H2,1H3,(H,18,19)/b9-8+. The summed E-state index contributed by atoms with van der Waals surface area (Å²) < 4.78 is 0. The maximum Gasteiger partial charge on any atom is 0.248 e. The molecule has 1 aromatic heterocycles. The van der Waals surface area contributed by atoms with Crippen molar-refractivity contribution in [1.82, 2.24) is 4.98 Å². The van der Waals surface area contributed by atoms with E-state index in [1.165, 1.54) is 6.08 Å². The van der Waals surface area contributed by atoms with E-state index in [1.54, 1.807) is 24.4 Å². The average Bonchev–Trinajstić information content (AvgIpc) is 2.41.